The summed E-state index contributed by atoms with van der Waals surface area (Å²) in [5.74, 6) is -1.03. The van der Waals surface area contributed by atoms with E-state index in [1.54, 1.807) is 12.3 Å². The Balaban J connectivity index is 2.04. The lowest BCUT2D eigenvalue weighted by Gasteiger charge is -2.43. The predicted octanol–water partition coefficient (Wildman–Crippen LogP) is 3.86. The van der Waals surface area contributed by atoms with Gasteiger partial charge in [-0.05, 0) is 27.0 Å². The fourth-order valence-electron chi connectivity index (χ4n) is 3.59. The molecule has 28 heavy (non-hydrogen) atoms. The van der Waals surface area contributed by atoms with Crippen LogP contribution >= 0.6 is 0 Å². The second-order valence-electron chi connectivity index (χ2n) is 7.81. The van der Waals surface area contributed by atoms with Crippen molar-refractivity contribution in [2.24, 2.45) is 0 Å². The van der Waals surface area contributed by atoms with E-state index in [9.17, 15) is 4.79 Å². The van der Waals surface area contributed by atoms with Gasteiger partial charge in [-0.25, -0.2) is 9.78 Å². The molecule has 0 fully saturated rings. The van der Waals surface area contributed by atoms with Gasteiger partial charge in [-0.1, -0.05) is 87.5 Å². The highest BCUT2D eigenvalue weighted by Crippen LogP contribution is 2.37. The Labute approximate surface area is 167 Å². The minimum absolute atomic E-state index is 0.0363. The van der Waals surface area contributed by atoms with Gasteiger partial charge in [0.2, 0.25) is 0 Å². The third-order valence-electron chi connectivity index (χ3n) is 4.92. The van der Waals surface area contributed by atoms with Crippen molar-refractivity contribution in [3.8, 4) is 0 Å². The van der Waals surface area contributed by atoms with Crippen LogP contribution in [0, 0.1) is 0 Å². The largest absolute Gasteiger partial charge is 0.477 e. The first-order valence-electron chi connectivity index (χ1n) is 9.28. The Morgan fingerprint density at radius 1 is 0.929 bits per heavy atom. The van der Waals surface area contributed by atoms with Crippen LogP contribution in [-0.2, 0) is 11.0 Å². The molecule has 144 valence electrons. The molecule has 0 aliphatic heterocycles. The van der Waals surface area contributed by atoms with Gasteiger partial charge < -0.3 is 9.53 Å². The monoisotopic (exact) mass is 391 g/mol. The molecule has 0 aliphatic rings. The normalized spacial score (nSPS) is 12.0. The molecule has 3 rings (SSSR count). The first kappa shape index (κ1) is 20.0. The Kier molecular flexibility index (Phi) is 5.77. The number of carbonyl (C=O) groups is 1. The molecule has 2 aromatic carbocycles. The van der Waals surface area contributed by atoms with Crippen molar-refractivity contribution in [1.29, 1.82) is 0 Å². The maximum Gasteiger partial charge on any atom is 0.354 e. The molecule has 0 saturated carbocycles. The summed E-state index contributed by atoms with van der Waals surface area (Å²) in [4.78, 5) is 15.1. The van der Waals surface area contributed by atoms with Crippen LogP contribution in [-0.4, -0.2) is 24.4 Å². The fraction of sp³-hybridized carbons (Fsp3) is 0.217. The Morgan fingerprint density at radius 3 is 1.86 bits per heavy atom. The molecule has 1 aromatic heterocycles. The average molecular weight is 392 g/mol. The van der Waals surface area contributed by atoms with Crippen LogP contribution in [0.25, 0.3) is 0 Å². The van der Waals surface area contributed by atoms with Crippen molar-refractivity contribution in [2.45, 2.75) is 32.4 Å². The first-order chi connectivity index (χ1) is 13.3. The Hall–Kier alpha value is -2.76. The van der Waals surface area contributed by atoms with Crippen LogP contribution in [0.15, 0.2) is 79.0 Å². The van der Waals surface area contributed by atoms with E-state index in [0.29, 0.717) is 6.61 Å². The van der Waals surface area contributed by atoms with Crippen molar-refractivity contribution in [3.05, 3.63) is 90.3 Å². The highest BCUT2D eigenvalue weighted by molar-refractivity contribution is 6.99. The Morgan fingerprint density at radius 2 is 1.46 bits per heavy atom. The molecule has 0 spiro atoms. The first-order valence-corrected chi connectivity index (χ1v) is 11.2. The molecule has 5 heteroatoms. The van der Waals surface area contributed by atoms with E-state index in [0.717, 1.165) is 5.56 Å². The fourth-order valence-corrected chi connectivity index (χ4v) is 8.13. The minimum Gasteiger partial charge on any atom is -0.477 e. The van der Waals surface area contributed by atoms with Gasteiger partial charge in [0.25, 0.3) is 8.32 Å². The second-order valence-corrected chi connectivity index (χ2v) is 12.1. The van der Waals surface area contributed by atoms with E-state index in [2.05, 4.69) is 74.3 Å². The summed E-state index contributed by atoms with van der Waals surface area (Å²) >= 11 is 0. The molecule has 0 saturated heterocycles. The number of pyridine rings is 1. The van der Waals surface area contributed by atoms with Gasteiger partial charge in [0.15, 0.2) is 0 Å². The summed E-state index contributed by atoms with van der Waals surface area (Å²) in [7, 11) is -2.61. The summed E-state index contributed by atoms with van der Waals surface area (Å²) in [6.07, 6.45) is 1.58. The minimum atomic E-state index is -2.61. The second kappa shape index (κ2) is 8.08. The summed E-state index contributed by atoms with van der Waals surface area (Å²) in [5, 5.41) is 11.4. The van der Waals surface area contributed by atoms with Gasteiger partial charge >= 0.3 is 5.97 Å². The van der Waals surface area contributed by atoms with E-state index in [1.165, 1.54) is 16.4 Å². The molecular formula is C23H25NO3Si. The lowest BCUT2D eigenvalue weighted by atomic mass is 10.2. The number of benzene rings is 2. The lowest BCUT2D eigenvalue weighted by molar-refractivity contribution is 0.0690. The summed E-state index contributed by atoms with van der Waals surface area (Å²) in [5.41, 5.74) is 0.896. The highest BCUT2D eigenvalue weighted by atomic mass is 28.4. The number of carboxylic acid groups (broad SMARTS) is 1. The molecule has 3 aromatic rings. The molecule has 1 N–H and O–H groups in total. The van der Waals surface area contributed by atoms with E-state index >= 15 is 0 Å². The van der Waals surface area contributed by atoms with E-state index in [4.69, 9.17) is 9.53 Å². The Bertz CT molecular complexity index is 880. The topological polar surface area (TPSA) is 59.4 Å². The summed E-state index contributed by atoms with van der Waals surface area (Å²) in [6, 6.07) is 24.1. The van der Waals surface area contributed by atoms with Gasteiger partial charge in [0.1, 0.15) is 5.69 Å². The van der Waals surface area contributed by atoms with Crippen molar-refractivity contribution >= 4 is 24.7 Å². The molecule has 0 radical (unpaired) electrons. The number of rotatable bonds is 6. The van der Waals surface area contributed by atoms with Crippen molar-refractivity contribution in [2.75, 3.05) is 0 Å². The zero-order chi connectivity index (χ0) is 20.2. The number of aromatic carboxylic acids is 1. The molecule has 1 heterocycles. The van der Waals surface area contributed by atoms with Crippen molar-refractivity contribution < 1.29 is 14.3 Å². The van der Waals surface area contributed by atoms with Gasteiger partial charge in [0.05, 0.1) is 6.61 Å². The van der Waals surface area contributed by atoms with Gasteiger partial charge in [-0.2, -0.15) is 0 Å². The third-order valence-corrected chi connectivity index (χ3v) is 9.90. The van der Waals surface area contributed by atoms with Crippen LogP contribution in [0.3, 0.4) is 0 Å². The number of carboxylic acids is 1. The quantitative estimate of drug-likeness (QED) is 0.648. The third kappa shape index (κ3) is 3.91. The number of hydrogen-bond acceptors (Lipinski definition) is 3. The molecule has 0 atom stereocenters. The molecule has 0 bridgehead atoms. The predicted molar refractivity (Wildman–Crippen MR) is 114 cm³/mol. The zero-order valence-corrected chi connectivity index (χ0v) is 17.4. The van der Waals surface area contributed by atoms with Crippen LogP contribution in [0.5, 0.6) is 0 Å². The number of nitrogens with zero attached hydrogens (tertiary/aromatic N) is 1. The highest BCUT2D eigenvalue weighted by Gasteiger charge is 2.50. The summed E-state index contributed by atoms with van der Waals surface area (Å²) < 4.78 is 6.80. The van der Waals surface area contributed by atoms with Crippen molar-refractivity contribution in [3.63, 3.8) is 0 Å². The number of hydrogen-bond donors (Lipinski definition) is 1. The standard InChI is InChI=1S/C23H25NO3Si/c1-23(2,3)28(19-10-6-4-7-11-19,20-12-8-5-9-13-20)27-17-18-14-15-21(22(25)26)24-16-18/h4-16H,17H2,1-3H3,(H,25,26). The van der Waals surface area contributed by atoms with Crippen LogP contribution < -0.4 is 10.4 Å². The molecular weight excluding hydrogens is 366 g/mol. The van der Waals surface area contributed by atoms with Crippen LogP contribution in [0.1, 0.15) is 36.8 Å². The van der Waals surface area contributed by atoms with Gasteiger partial charge in [-0.15, -0.1) is 0 Å². The SMILES string of the molecule is CC(C)(C)[Si](OCc1ccc(C(=O)O)nc1)(c1ccccc1)c1ccccc1. The van der Waals surface area contributed by atoms with E-state index < -0.39 is 14.3 Å². The molecule has 0 aliphatic carbocycles. The number of aromatic nitrogens is 1. The molecule has 4 nitrogen and oxygen atoms in total. The smallest absolute Gasteiger partial charge is 0.354 e. The molecule has 0 amide bonds. The van der Waals surface area contributed by atoms with Crippen LogP contribution in [0.4, 0.5) is 0 Å². The lowest BCUT2D eigenvalue weighted by Crippen LogP contribution is -2.66. The maximum atomic E-state index is 11.0. The average Bonchev–Trinajstić information content (AvgIpc) is 2.69. The van der Waals surface area contributed by atoms with Gasteiger partial charge in [-0.3, -0.25) is 0 Å². The van der Waals surface area contributed by atoms with Crippen LogP contribution in [0.2, 0.25) is 5.04 Å². The van der Waals surface area contributed by atoms with E-state index in [-0.39, 0.29) is 10.7 Å². The maximum absolute atomic E-state index is 11.0. The van der Waals surface area contributed by atoms with Gasteiger partial charge in [0, 0.05) is 6.20 Å². The van der Waals surface area contributed by atoms with E-state index in [1.807, 2.05) is 12.1 Å². The van der Waals surface area contributed by atoms with Crippen molar-refractivity contribution in [1.82, 2.24) is 4.98 Å². The molecule has 0 unspecified atom stereocenters. The summed E-state index contributed by atoms with van der Waals surface area (Å²) in [6.45, 7) is 7.06. The zero-order valence-electron chi connectivity index (χ0n) is 16.4.